The summed E-state index contributed by atoms with van der Waals surface area (Å²) in [7, 11) is 0. The van der Waals surface area contributed by atoms with Crippen LogP contribution in [0.15, 0.2) is 24.3 Å². The number of hydrogen-bond acceptors (Lipinski definition) is 3. The van der Waals surface area contributed by atoms with E-state index < -0.39 is 5.60 Å². The average molecular weight is 331 g/mol. The lowest BCUT2D eigenvalue weighted by atomic mass is 9.78. The summed E-state index contributed by atoms with van der Waals surface area (Å²) in [5.74, 6) is 0.455. The number of rotatable bonds is 4. The second kappa shape index (κ2) is 6.73. The second-order valence-corrected chi connectivity index (χ2v) is 7.88. The van der Waals surface area contributed by atoms with Crippen molar-refractivity contribution >= 4 is 6.03 Å². The van der Waals surface area contributed by atoms with E-state index in [0.29, 0.717) is 25.6 Å². The quantitative estimate of drug-likeness (QED) is 0.885. The molecule has 2 N–H and O–H groups in total. The van der Waals surface area contributed by atoms with E-state index in [1.807, 2.05) is 18.7 Å². The Morgan fingerprint density at radius 1 is 1.33 bits per heavy atom. The van der Waals surface area contributed by atoms with Gasteiger partial charge in [-0.25, -0.2) is 4.79 Å². The monoisotopic (exact) mass is 331 g/mol. The molecule has 5 nitrogen and oxygen atoms in total. The van der Waals surface area contributed by atoms with E-state index in [4.69, 9.17) is 0 Å². The van der Waals surface area contributed by atoms with E-state index in [-0.39, 0.29) is 12.1 Å². The van der Waals surface area contributed by atoms with Gasteiger partial charge in [-0.1, -0.05) is 24.3 Å². The summed E-state index contributed by atoms with van der Waals surface area (Å²) in [6.07, 6.45) is 1.06. The van der Waals surface area contributed by atoms with E-state index in [1.54, 1.807) is 0 Å². The van der Waals surface area contributed by atoms with Crippen LogP contribution in [-0.4, -0.2) is 65.3 Å². The fourth-order valence-corrected chi connectivity index (χ4v) is 3.88. The van der Waals surface area contributed by atoms with Gasteiger partial charge in [0.05, 0.1) is 5.60 Å². The molecule has 0 aromatic heterocycles. The van der Waals surface area contributed by atoms with Gasteiger partial charge >= 0.3 is 6.03 Å². The third-order valence-electron chi connectivity index (χ3n) is 5.04. The Bertz CT molecular complexity index is 597. The summed E-state index contributed by atoms with van der Waals surface area (Å²) in [5, 5.41) is 13.1. The first kappa shape index (κ1) is 17.2. The maximum Gasteiger partial charge on any atom is 0.317 e. The molecule has 2 amide bonds. The smallest absolute Gasteiger partial charge is 0.317 e. The molecule has 132 valence electrons. The van der Waals surface area contributed by atoms with E-state index in [2.05, 4.69) is 41.4 Å². The first-order valence-corrected chi connectivity index (χ1v) is 8.90. The van der Waals surface area contributed by atoms with E-state index in [0.717, 1.165) is 19.5 Å². The predicted molar refractivity (Wildman–Crippen MR) is 95.2 cm³/mol. The van der Waals surface area contributed by atoms with Crippen molar-refractivity contribution in [2.45, 2.75) is 44.8 Å². The lowest BCUT2D eigenvalue weighted by Gasteiger charge is -2.42. The number of nitrogens with one attached hydrogen (secondary N) is 1. The topological polar surface area (TPSA) is 55.8 Å². The van der Waals surface area contributed by atoms with Crippen LogP contribution in [0, 0.1) is 0 Å². The molecule has 1 aliphatic heterocycles. The van der Waals surface area contributed by atoms with Gasteiger partial charge in [-0.3, -0.25) is 4.90 Å². The van der Waals surface area contributed by atoms with Crippen molar-refractivity contribution in [1.29, 1.82) is 0 Å². The Kier molecular flexibility index (Phi) is 4.83. The van der Waals surface area contributed by atoms with Crippen molar-refractivity contribution in [1.82, 2.24) is 15.1 Å². The standard InChI is InChI=1S/C19H29N3O2/c1-14-12-21(13-19(2,3)24)8-9-22(14)18(23)20-11-16-10-15-6-4-5-7-17(15)16/h4-7,14,16,24H,8-13H2,1-3H3,(H,20,23)/t14-,16-/m0/s1. The van der Waals surface area contributed by atoms with Crippen molar-refractivity contribution in [2.75, 3.05) is 32.7 Å². The van der Waals surface area contributed by atoms with Gasteiger partial charge in [0.15, 0.2) is 0 Å². The molecule has 0 radical (unpaired) electrons. The minimum atomic E-state index is -0.693. The zero-order valence-electron chi connectivity index (χ0n) is 15.0. The Hall–Kier alpha value is -1.59. The molecular weight excluding hydrogens is 302 g/mol. The molecule has 1 heterocycles. The Balaban J connectivity index is 1.46. The number of amides is 2. The molecule has 1 fully saturated rings. The van der Waals surface area contributed by atoms with Gasteiger partial charge < -0.3 is 15.3 Å². The zero-order valence-corrected chi connectivity index (χ0v) is 15.0. The maximum atomic E-state index is 12.5. The highest BCUT2D eigenvalue weighted by Gasteiger charge is 2.31. The number of piperazine rings is 1. The number of hydrogen-bond donors (Lipinski definition) is 2. The molecule has 2 atom stereocenters. The van der Waals surface area contributed by atoms with E-state index in [1.165, 1.54) is 11.1 Å². The fraction of sp³-hybridized carbons (Fsp3) is 0.632. The highest BCUT2D eigenvalue weighted by atomic mass is 16.3. The molecule has 0 saturated carbocycles. The SMILES string of the molecule is C[C@H]1CN(CC(C)(C)O)CCN1C(=O)NC[C@@H]1Cc2ccccc21. The maximum absolute atomic E-state index is 12.5. The number of benzene rings is 1. The van der Waals surface area contributed by atoms with Gasteiger partial charge in [0.25, 0.3) is 0 Å². The number of β-amino-alcohol motifs (C(OH)–C–C–N with tert-alkyl or cyclic N) is 1. The average Bonchev–Trinajstić information content (AvgIpc) is 2.46. The first-order chi connectivity index (χ1) is 11.3. The van der Waals surface area contributed by atoms with Crippen molar-refractivity contribution in [3.05, 3.63) is 35.4 Å². The molecule has 1 aliphatic carbocycles. The largest absolute Gasteiger partial charge is 0.389 e. The van der Waals surface area contributed by atoms with Gasteiger partial charge in [0, 0.05) is 44.7 Å². The lowest BCUT2D eigenvalue weighted by molar-refractivity contribution is 0.0119. The van der Waals surface area contributed by atoms with Crippen LogP contribution in [-0.2, 0) is 6.42 Å². The minimum Gasteiger partial charge on any atom is -0.389 e. The summed E-state index contributed by atoms with van der Waals surface area (Å²) >= 11 is 0. The molecule has 1 aromatic carbocycles. The van der Waals surface area contributed by atoms with Gasteiger partial charge in [0.1, 0.15) is 0 Å². The van der Waals surface area contributed by atoms with Crippen LogP contribution >= 0.6 is 0 Å². The number of nitrogens with zero attached hydrogens (tertiary/aromatic N) is 2. The molecule has 0 bridgehead atoms. The van der Waals surface area contributed by atoms with E-state index >= 15 is 0 Å². The number of carbonyl (C=O) groups is 1. The molecule has 0 unspecified atom stereocenters. The van der Waals surface area contributed by atoms with Crippen LogP contribution in [0.2, 0.25) is 0 Å². The van der Waals surface area contributed by atoms with Crippen LogP contribution in [0.1, 0.15) is 37.8 Å². The van der Waals surface area contributed by atoms with Gasteiger partial charge in [-0.2, -0.15) is 0 Å². The molecule has 3 rings (SSSR count). The Labute approximate surface area is 144 Å². The summed E-state index contributed by atoms with van der Waals surface area (Å²) in [6.45, 7) is 9.43. The second-order valence-electron chi connectivity index (χ2n) is 7.88. The number of urea groups is 1. The minimum absolute atomic E-state index is 0.0368. The summed E-state index contributed by atoms with van der Waals surface area (Å²) in [4.78, 5) is 16.7. The van der Waals surface area contributed by atoms with Crippen LogP contribution in [0.5, 0.6) is 0 Å². The molecule has 0 spiro atoms. The van der Waals surface area contributed by atoms with Gasteiger partial charge in [-0.05, 0) is 38.3 Å². The number of carbonyl (C=O) groups excluding carboxylic acids is 1. The van der Waals surface area contributed by atoms with Crippen LogP contribution in [0.4, 0.5) is 4.79 Å². The third-order valence-corrected chi connectivity index (χ3v) is 5.04. The van der Waals surface area contributed by atoms with Gasteiger partial charge in [0.2, 0.25) is 0 Å². The van der Waals surface area contributed by atoms with Crippen LogP contribution in [0.3, 0.4) is 0 Å². The molecule has 1 saturated heterocycles. The molecule has 2 aliphatic rings. The van der Waals surface area contributed by atoms with Crippen molar-refractivity contribution in [3.63, 3.8) is 0 Å². The van der Waals surface area contributed by atoms with Crippen LogP contribution < -0.4 is 5.32 Å². The lowest BCUT2D eigenvalue weighted by Crippen LogP contribution is -2.58. The Morgan fingerprint density at radius 3 is 2.75 bits per heavy atom. The third kappa shape index (κ3) is 3.90. The summed E-state index contributed by atoms with van der Waals surface area (Å²) in [5.41, 5.74) is 2.09. The molecule has 5 heteroatoms. The number of aliphatic hydroxyl groups is 1. The van der Waals surface area contributed by atoms with Crippen molar-refractivity contribution in [2.24, 2.45) is 0 Å². The van der Waals surface area contributed by atoms with Crippen molar-refractivity contribution < 1.29 is 9.90 Å². The number of fused-ring (bicyclic) bond motifs is 1. The van der Waals surface area contributed by atoms with E-state index in [9.17, 15) is 9.90 Å². The van der Waals surface area contributed by atoms with Crippen molar-refractivity contribution in [3.8, 4) is 0 Å². The fourth-order valence-electron chi connectivity index (χ4n) is 3.88. The molecule has 1 aromatic rings. The summed E-state index contributed by atoms with van der Waals surface area (Å²) < 4.78 is 0. The Morgan fingerprint density at radius 2 is 2.08 bits per heavy atom. The predicted octanol–water partition coefficient (Wildman–Crippen LogP) is 1.81. The summed E-state index contributed by atoms with van der Waals surface area (Å²) in [6, 6.07) is 8.66. The highest BCUT2D eigenvalue weighted by molar-refractivity contribution is 5.74. The highest BCUT2D eigenvalue weighted by Crippen LogP contribution is 2.34. The molecular formula is C19H29N3O2. The molecule has 24 heavy (non-hydrogen) atoms. The van der Waals surface area contributed by atoms with Crippen LogP contribution in [0.25, 0.3) is 0 Å². The first-order valence-electron chi connectivity index (χ1n) is 8.90. The zero-order chi connectivity index (χ0) is 17.3. The normalized spacial score (nSPS) is 24.2. The van der Waals surface area contributed by atoms with Gasteiger partial charge in [-0.15, -0.1) is 0 Å².